The summed E-state index contributed by atoms with van der Waals surface area (Å²) in [5.41, 5.74) is 7.11. The van der Waals surface area contributed by atoms with Gasteiger partial charge in [0.15, 0.2) is 0 Å². The first-order valence-corrected chi connectivity index (χ1v) is 11.4. The van der Waals surface area contributed by atoms with Gasteiger partial charge in [-0.15, -0.1) is 0 Å². The molecule has 0 atom stereocenters. The Hall–Kier alpha value is -4.37. The lowest BCUT2D eigenvalue weighted by molar-refractivity contribution is 0.415. The number of H-pyrrole nitrogens is 1. The van der Waals surface area contributed by atoms with Gasteiger partial charge >= 0.3 is 0 Å². The maximum atomic E-state index is 5.44. The number of hydrogen-bond donors (Lipinski definition) is 1. The number of rotatable bonds is 4. The lowest BCUT2D eigenvalue weighted by atomic mass is 9.80. The first kappa shape index (κ1) is 20.3. The second kappa shape index (κ2) is 8.20. The van der Waals surface area contributed by atoms with Gasteiger partial charge in [-0.3, -0.25) is 4.99 Å². The number of hydrogen-bond acceptors (Lipinski definition) is 2. The van der Waals surface area contributed by atoms with Crippen molar-refractivity contribution in [2.75, 3.05) is 7.11 Å². The van der Waals surface area contributed by atoms with Crippen LogP contribution in [0.15, 0.2) is 120 Å². The summed E-state index contributed by atoms with van der Waals surface area (Å²) in [5, 5.41) is 1.18. The summed E-state index contributed by atoms with van der Waals surface area (Å²) >= 11 is 0. The number of aromatic nitrogens is 1. The average molecular weight is 441 g/mol. The van der Waals surface area contributed by atoms with Crippen molar-refractivity contribution in [3.8, 4) is 5.75 Å². The highest BCUT2D eigenvalue weighted by Gasteiger charge is 2.35. The van der Waals surface area contributed by atoms with Gasteiger partial charge in [-0.2, -0.15) is 0 Å². The van der Waals surface area contributed by atoms with E-state index in [0.717, 1.165) is 39.2 Å². The third-order valence-electron chi connectivity index (χ3n) is 6.58. The van der Waals surface area contributed by atoms with Crippen LogP contribution >= 0.6 is 0 Å². The summed E-state index contributed by atoms with van der Waals surface area (Å²) in [4.78, 5) is 8.89. The summed E-state index contributed by atoms with van der Waals surface area (Å²) in [6.45, 7) is 0. The van der Waals surface area contributed by atoms with Gasteiger partial charge in [0.05, 0.1) is 12.8 Å². The number of methoxy groups -OCH3 is 1. The maximum absolute atomic E-state index is 5.44. The third-order valence-corrected chi connectivity index (χ3v) is 6.58. The van der Waals surface area contributed by atoms with Crippen LogP contribution in [0.2, 0.25) is 0 Å². The van der Waals surface area contributed by atoms with Crippen LogP contribution in [0, 0.1) is 0 Å². The van der Waals surface area contributed by atoms with Crippen LogP contribution in [0.5, 0.6) is 5.75 Å². The second-order valence-corrected chi connectivity index (χ2v) is 8.50. The molecule has 0 saturated carbocycles. The van der Waals surface area contributed by atoms with E-state index < -0.39 is 5.54 Å². The number of fused-ring (bicyclic) bond motifs is 3. The Morgan fingerprint density at radius 3 is 1.97 bits per heavy atom. The smallest absolute Gasteiger partial charge is 0.130 e. The quantitative estimate of drug-likeness (QED) is 0.321. The van der Waals surface area contributed by atoms with E-state index in [1.54, 1.807) is 7.11 Å². The Morgan fingerprint density at radius 1 is 0.706 bits per heavy atom. The molecule has 5 aromatic rings. The molecule has 1 N–H and O–H groups in total. The topological polar surface area (TPSA) is 37.4 Å². The molecule has 3 nitrogen and oxygen atoms in total. The van der Waals surface area contributed by atoms with Gasteiger partial charge in [0.25, 0.3) is 0 Å². The zero-order valence-corrected chi connectivity index (χ0v) is 18.9. The molecular formula is C31H24N2O. The standard InChI is InChI=1S/C31H24N2O/c1-34-25-18-16-22(17-19-25)27-20-31(23-10-4-2-5-11-23,24-12-6-3-7-13-24)32-21-29-30(27)26-14-8-9-15-28(26)33-29/h2-21,33H,1H3. The van der Waals surface area contributed by atoms with E-state index in [1.165, 1.54) is 10.9 Å². The number of nitrogens with zero attached hydrogens (tertiary/aromatic N) is 1. The van der Waals surface area contributed by atoms with Crippen LogP contribution in [0.3, 0.4) is 0 Å². The predicted molar refractivity (Wildman–Crippen MR) is 140 cm³/mol. The summed E-state index contributed by atoms with van der Waals surface area (Å²) in [5.74, 6) is 0.839. The van der Waals surface area contributed by atoms with E-state index in [-0.39, 0.29) is 0 Å². The fourth-order valence-corrected chi connectivity index (χ4v) is 4.90. The van der Waals surface area contributed by atoms with Crippen LogP contribution in [0.4, 0.5) is 0 Å². The molecule has 0 spiro atoms. The van der Waals surface area contributed by atoms with E-state index in [4.69, 9.17) is 9.73 Å². The van der Waals surface area contributed by atoms with Crippen molar-refractivity contribution in [2.24, 2.45) is 4.99 Å². The molecule has 3 heteroatoms. The number of benzene rings is 4. The van der Waals surface area contributed by atoms with Crippen molar-refractivity contribution in [2.45, 2.75) is 5.54 Å². The van der Waals surface area contributed by atoms with Crippen molar-refractivity contribution in [1.29, 1.82) is 0 Å². The summed E-state index contributed by atoms with van der Waals surface area (Å²) < 4.78 is 5.44. The van der Waals surface area contributed by atoms with Gasteiger partial charge in [-0.05, 0) is 46.5 Å². The van der Waals surface area contributed by atoms with Crippen LogP contribution in [0.1, 0.15) is 27.9 Å². The molecule has 0 fully saturated rings. The zero-order valence-electron chi connectivity index (χ0n) is 18.9. The number of aromatic amines is 1. The second-order valence-electron chi connectivity index (χ2n) is 8.50. The highest BCUT2D eigenvalue weighted by molar-refractivity contribution is 6.06. The summed E-state index contributed by atoms with van der Waals surface area (Å²) in [6.07, 6.45) is 4.32. The van der Waals surface area contributed by atoms with E-state index in [9.17, 15) is 0 Å². The minimum absolute atomic E-state index is 0.668. The normalized spacial score (nSPS) is 14.3. The molecule has 2 heterocycles. The van der Waals surface area contributed by atoms with Gasteiger partial charge in [0, 0.05) is 22.7 Å². The SMILES string of the molecule is COc1ccc(C2=CC(c3ccccc3)(c3ccccc3)N=Cc3[nH]c4ccccc4c32)cc1. The van der Waals surface area contributed by atoms with Crippen LogP contribution in [0.25, 0.3) is 16.5 Å². The molecule has 34 heavy (non-hydrogen) atoms. The van der Waals surface area contributed by atoms with E-state index in [1.807, 2.05) is 30.5 Å². The van der Waals surface area contributed by atoms with Gasteiger partial charge in [0.2, 0.25) is 0 Å². The zero-order chi connectivity index (χ0) is 23.0. The van der Waals surface area contributed by atoms with Crippen LogP contribution in [-0.2, 0) is 5.54 Å². The lowest BCUT2D eigenvalue weighted by Gasteiger charge is -2.28. The van der Waals surface area contributed by atoms with E-state index in [0.29, 0.717) is 0 Å². The predicted octanol–water partition coefficient (Wildman–Crippen LogP) is 6.98. The summed E-state index contributed by atoms with van der Waals surface area (Å²) in [7, 11) is 1.70. The van der Waals surface area contributed by atoms with Gasteiger partial charge in [-0.25, -0.2) is 0 Å². The van der Waals surface area contributed by atoms with Crippen molar-refractivity contribution in [3.63, 3.8) is 0 Å². The van der Waals surface area contributed by atoms with Gasteiger partial charge in [0.1, 0.15) is 11.3 Å². The number of ether oxygens (including phenoxy) is 1. The number of nitrogens with one attached hydrogen (secondary N) is 1. The molecule has 1 aromatic heterocycles. The average Bonchev–Trinajstić information content (AvgIpc) is 3.19. The fourth-order valence-electron chi connectivity index (χ4n) is 4.90. The lowest BCUT2D eigenvalue weighted by Crippen LogP contribution is -2.23. The Morgan fingerprint density at radius 2 is 1.32 bits per heavy atom. The number of para-hydroxylation sites is 1. The third kappa shape index (κ3) is 3.25. The summed E-state index contributed by atoms with van der Waals surface area (Å²) in [6, 6.07) is 37.8. The Labute approximate surface area is 199 Å². The Bertz CT molecular complexity index is 1470. The first-order chi connectivity index (χ1) is 16.8. The van der Waals surface area contributed by atoms with Gasteiger partial charge in [-0.1, -0.05) is 91.0 Å². The van der Waals surface area contributed by atoms with Crippen molar-refractivity contribution in [3.05, 3.63) is 143 Å². The molecule has 1 aliphatic heterocycles. The van der Waals surface area contributed by atoms with Crippen LogP contribution in [-0.4, -0.2) is 18.3 Å². The fraction of sp³-hybridized carbons (Fsp3) is 0.0645. The largest absolute Gasteiger partial charge is 0.497 e. The minimum atomic E-state index is -0.668. The molecule has 0 radical (unpaired) electrons. The molecule has 6 rings (SSSR count). The molecule has 164 valence electrons. The molecule has 0 unspecified atom stereocenters. The minimum Gasteiger partial charge on any atom is -0.497 e. The molecule has 0 aliphatic carbocycles. The van der Waals surface area contributed by atoms with Gasteiger partial charge < -0.3 is 9.72 Å². The molecule has 0 saturated heterocycles. The number of aliphatic imine (C=N–C) groups is 1. The highest BCUT2D eigenvalue weighted by atomic mass is 16.5. The van der Waals surface area contributed by atoms with E-state index >= 15 is 0 Å². The maximum Gasteiger partial charge on any atom is 0.130 e. The molecule has 0 amide bonds. The van der Waals surface area contributed by atoms with E-state index in [2.05, 4.69) is 96.0 Å². The van der Waals surface area contributed by atoms with Crippen molar-refractivity contribution < 1.29 is 4.74 Å². The van der Waals surface area contributed by atoms with Crippen LogP contribution < -0.4 is 4.74 Å². The van der Waals surface area contributed by atoms with Crippen molar-refractivity contribution in [1.82, 2.24) is 4.98 Å². The molecule has 4 aromatic carbocycles. The monoisotopic (exact) mass is 440 g/mol. The first-order valence-electron chi connectivity index (χ1n) is 11.4. The highest BCUT2D eigenvalue weighted by Crippen LogP contribution is 2.43. The Kier molecular flexibility index (Phi) is 4.88. The molecule has 0 bridgehead atoms. The Balaban J connectivity index is 1.70. The van der Waals surface area contributed by atoms with Crippen molar-refractivity contribution >= 4 is 22.7 Å². The molecule has 1 aliphatic rings. The molecular weight excluding hydrogens is 416 g/mol.